The number of nitrogens with one attached hydrogen (secondary N) is 2. The molecule has 10 heteroatoms. The van der Waals surface area contributed by atoms with Crippen LogP contribution in [0.15, 0.2) is 36.7 Å². The first kappa shape index (κ1) is 25.1. The summed E-state index contributed by atoms with van der Waals surface area (Å²) in [6.45, 7) is 6.62. The van der Waals surface area contributed by atoms with Crippen molar-refractivity contribution in [2.45, 2.75) is 44.9 Å². The molecule has 2 aliphatic rings. The lowest BCUT2D eigenvalue weighted by atomic mass is 9.91. The fourth-order valence-electron chi connectivity index (χ4n) is 5.13. The number of hydrogen-bond donors (Lipinski definition) is 3. The molecule has 1 aromatic carbocycles. The highest BCUT2D eigenvalue weighted by atomic mass is 19.1. The molecule has 0 saturated carbocycles. The number of halogens is 1. The van der Waals surface area contributed by atoms with Crippen molar-refractivity contribution in [2.24, 2.45) is 5.92 Å². The number of piperidine rings is 1. The topological polar surface area (TPSA) is 107 Å². The minimum atomic E-state index is -1.31. The predicted octanol–water partition coefficient (Wildman–Crippen LogP) is 3.37. The molecule has 2 aromatic heterocycles. The summed E-state index contributed by atoms with van der Waals surface area (Å²) in [4.78, 5) is 29.3. The molecule has 1 amide bonds. The molecule has 9 nitrogen and oxygen atoms in total. The van der Waals surface area contributed by atoms with Gasteiger partial charge in [-0.25, -0.2) is 14.4 Å². The summed E-state index contributed by atoms with van der Waals surface area (Å²) in [6, 6.07) is 8.15. The Labute approximate surface area is 216 Å². The molecule has 5 rings (SSSR count). The number of carbonyl (C=O) groups excluding carboxylic acids is 1. The van der Waals surface area contributed by atoms with E-state index in [0.29, 0.717) is 48.8 Å². The molecule has 0 bridgehead atoms. The van der Waals surface area contributed by atoms with E-state index in [1.54, 1.807) is 24.2 Å². The lowest BCUT2D eigenvalue weighted by Gasteiger charge is -2.41. The molecule has 0 aliphatic carbocycles. The van der Waals surface area contributed by atoms with Crippen molar-refractivity contribution in [2.75, 3.05) is 48.3 Å². The van der Waals surface area contributed by atoms with Crippen LogP contribution in [0, 0.1) is 5.92 Å². The Kier molecular flexibility index (Phi) is 7.10. The normalized spacial score (nSPS) is 20.3. The van der Waals surface area contributed by atoms with E-state index in [4.69, 9.17) is 0 Å². The number of hydrogen-bond acceptors (Lipinski definition) is 8. The highest BCUT2D eigenvalue weighted by Crippen LogP contribution is 2.37. The van der Waals surface area contributed by atoms with Crippen LogP contribution >= 0.6 is 0 Å². The Morgan fingerprint density at radius 1 is 1.14 bits per heavy atom. The molecule has 3 N–H and O–H groups in total. The zero-order chi connectivity index (χ0) is 26.1. The summed E-state index contributed by atoms with van der Waals surface area (Å²) in [5.41, 5.74) is 2.36. The van der Waals surface area contributed by atoms with E-state index in [9.17, 15) is 14.3 Å². The molecule has 2 aliphatic heterocycles. The highest BCUT2D eigenvalue weighted by Gasteiger charge is 2.30. The zero-order valence-electron chi connectivity index (χ0n) is 21.5. The smallest absolute Gasteiger partial charge is 0.227 e. The van der Waals surface area contributed by atoms with Crippen LogP contribution in [0.3, 0.4) is 0 Å². The van der Waals surface area contributed by atoms with Gasteiger partial charge >= 0.3 is 0 Å². The Morgan fingerprint density at radius 2 is 1.95 bits per heavy atom. The average Bonchev–Trinajstić information content (AvgIpc) is 2.87. The lowest BCUT2D eigenvalue weighted by molar-refractivity contribution is -0.121. The largest absolute Gasteiger partial charge is 0.390 e. The molecule has 2 saturated heterocycles. The minimum absolute atomic E-state index is 0.0693. The third-order valence-electron chi connectivity index (χ3n) is 7.27. The van der Waals surface area contributed by atoms with Crippen molar-refractivity contribution in [3.05, 3.63) is 42.2 Å². The van der Waals surface area contributed by atoms with Gasteiger partial charge in [-0.2, -0.15) is 4.98 Å². The SMILES string of the molecule is CNC(=O)CC1CN(c2ccc(C(C)C)c3cc(Nc4ccnc(N5CCC(O)C(F)C5)n4)ncc23)C1. The van der Waals surface area contributed by atoms with Crippen LogP contribution in [0.25, 0.3) is 10.8 Å². The Hall–Kier alpha value is -3.53. The van der Waals surface area contributed by atoms with Crippen molar-refractivity contribution >= 4 is 40.0 Å². The van der Waals surface area contributed by atoms with Crippen LogP contribution in [0.2, 0.25) is 0 Å². The van der Waals surface area contributed by atoms with Crippen molar-refractivity contribution in [1.82, 2.24) is 20.3 Å². The summed E-state index contributed by atoms with van der Waals surface area (Å²) in [6.07, 6.45) is 2.18. The third-order valence-corrected chi connectivity index (χ3v) is 7.27. The molecule has 2 unspecified atom stereocenters. The van der Waals surface area contributed by atoms with Crippen LogP contribution in [0.5, 0.6) is 0 Å². The molecular formula is C27H34FN7O2. The molecule has 0 radical (unpaired) electrons. The number of aliphatic hydroxyl groups is 1. The number of rotatable bonds is 7. The van der Waals surface area contributed by atoms with Gasteiger partial charge < -0.3 is 25.5 Å². The van der Waals surface area contributed by atoms with E-state index in [0.717, 1.165) is 29.5 Å². The van der Waals surface area contributed by atoms with Crippen LogP contribution < -0.4 is 20.4 Å². The standard InChI is InChI=1S/C27H34FN7O2/c1-16(2)18-4-5-22(35-13-17(14-35)10-26(37)29-3)20-12-31-25(11-19(18)20)32-24-6-8-30-27(33-24)34-9-7-23(36)21(28)15-34/h4-6,8,11-12,16-17,21,23,36H,7,9-10,13-15H2,1-3H3,(H,29,37)(H,30,31,32,33). The van der Waals surface area contributed by atoms with E-state index in [1.807, 2.05) is 12.3 Å². The summed E-state index contributed by atoms with van der Waals surface area (Å²) < 4.78 is 14.0. The molecule has 196 valence electrons. The van der Waals surface area contributed by atoms with Crippen molar-refractivity contribution < 1.29 is 14.3 Å². The molecule has 2 fully saturated rings. The van der Waals surface area contributed by atoms with Gasteiger partial charge in [0.2, 0.25) is 11.9 Å². The Morgan fingerprint density at radius 3 is 2.68 bits per heavy atom. The summed E-state index contributed by atoms with van der Waals surface area (Å²) in [5, 5.41) is 17.9. The van der Waals surface area contributed by atoms with Gasteiger partial charge in [-0.15, -0.1) is 0 Å². The fourth-order valence-corrected chi connectivity index (χ4v) is 5.13. The van der Waals surface area contributed by atoms with Gasteiger partial charge in [-0.05, 0) is 41.5 Å². The van der Waals surface area contributed by atoms with Crippen LogP contribution in [0.4, 0.5) is 27.7 Å². The minimum Gasteiger partial charge on any atom is -0.390 e. The molecule has 0 spiro atoms. The molecule has 3 aromatic rings. The zero-order valence-corrected chi connectivity index (χ0v) is 21.5. The highest BCUT2D eigenvalue weighted by molar-refractivity contribution is 5.98. The number of anilines is 4. The maximum atomic E-state index is 14.0. The number of carbonyl (C=O) groups is 1. The van der Waals surface area contributed by atoms with Crippen LogP contribution in [-0.4, -0.2) is 71.5 Å². The van der Waals surface area contributed by atoms with Gasteiger partial charge in [0.15, 0.2) is 0 Å². The number of aromatic nitrogens is 3. The number of alkyl halides is 1. The number of amides is 1. The van der Waals surface area contributed by atoms with Crippen LogP contribution in [-0.2, 0) is 4.79 Å². The number of aliphatic hydroxyl groups excluding tert-OH is 1. The van der Waals surface area contributed by atoms with E-state index >= 15 is 0 Å². The van der Waals surface area contributed by atoms with Gasteiger partial charge in [-0.1, -0.05) is 19.9 Å². The van der Waals surface area contributed by atoms with Crippen molar-refractivity contribution in [3.8, 4) is 0 Å². The van der Waals surface area contributed by atoms with Gasteiger partial charge in [0.25, 0.3) is 0 Å². The molecule has 37 heavy (non-hydrogen) atoms. The molecule has 4 heterocycles. The predicted molar refractivity (Wildman–Crippen MR) is 143 cm³/mol. The second-order valence-electron chi connectivity index (χ2n) is 10.3. The van der Waals surface area contributed by atoms with Crippen molar-refractivity contribution in [1.29, 1.82) is 0 Å². The molecule has 2 atom stereocenters. The van der Waals surface area contributed by atoms with E-state index in [-0.39, 0.29) is 12.5 Å². The van der Waals surface area contributed by atoms with Gasteiger partial charge in [0, 0.05) is 62.5 Å². The Balaban J connectivity index is 1.38. The number of fused-ring (bicyclic) bond motifs is 1. The van der Waals surface area contributed by atoms with Crippen LogP contribution in [0.1, 0.15) is 38.2 Å². The lowest BCUT2D eigenvalue weighted by Crippen LogP contribution is -2.48. The first-order chi connectivity index (χ1) is 17.8. The second kappa shape index (κ2) is 10.5. The number of benzene rings is 1. The summed E-state index contributed by atoms with van der Waals surface area (Å²) in [7, 11) is 1.68. The summed E-state index contributed by atoms with van der Waals surface area (Å²) >= 11 is 0. The maximum Gasteiger partial charge on any atom is 0.227 e. The average molecular weight is 508 g/mol. The van der Waals surface area contributed by atoms with Crippen molar-refractivity contribution in [3.63, 3.8) is 0 Å². The Bertz CT molecular complexity index is 1280. The van der Waals surface area contributed by atoms with E-state index in [2.05, 4.69) is 56.5 Å². The first-order valence-corrected chi connectivity index (χ1v) is 12.9. The molecular weight excluding hydrogens is 473 g/mol. The van der Waals surface area contributed by atoms with Gasteiger partial charge in [0.05, 0.1) is 12.6 Å². The maximum absolute atomic E-state index is 14.0. The second-order valence-corrected chi connectivity index (χ2v) is 10.3. The first-order valence-electron chi connectivity index (χ1n) is 12.9. The monoisotopic (exact) mass is 507 g/mol. The van der Waals surface area contributed by atoms with E-state index in [1.165, 1.54) is 5.56 Å². The van der Waals surface area contributed by atoms with E-state index < -0.39 is 12.3 Å². The number of nitrogens with zero attached hydrogens (tertiary/aromatic N) is 5. The van der Waals surface area contributed by atoms with Gasteiger partial charge in [-0.3, -0.25) is 4.79 Å². The van der Waals surface area contributed by atoms with Gasteiger partial charge in [0.1, 0.15) is 17.8 Å². The summed E-state index contributed by atoms with van der Waals surface area (Å²) in [5.74, 6) is 2.43. The quantitative estimate of drug-likeness (QED) is 0.447. The third kappa shape index (κ3) is 5.29. The number of pyridine rings is 1. The fraction of sp³-hybridized carbons (Fsp3) is 0.481.